The van der Waals surface area contributed by atoms with Crippen LogP contribution in [0.15, 0.2) is 42.5 Å². The molecule has 6 nitrogen and oxygen atoms in total. The first-order valence-electron chi connectivity index (χ1n) is 12.5. The van der Waals surface area contributed by atoms with Crippen molar-refractivity contribution in [3.05, 3.63) is 65.0 Å². The molecule has 3 atom stereocenters. The first kappa shape index (κ1) is 29.5. The molecule has 0 saturated carbocycles. The minimum absolute atomic E-state index is 0.00192. The number of piperidine rings is 1. The van der Waals surface area contributed by atoms with E-state index in [0.29, 0.717) is 17.7 Å². The molecule has 13 heteroatoms. The van der Waals surface area contributed by atoms with Crippen LogP contribution in [0.25, 0.3) is 0 Å². The molecule has 2 fully saturated rings. The number of hydrogen-bond donors (Lipinski definition) is 1. The van der Waals surface area contributed by atoms with Gasteiger partial charge in [0.1, 0.15) is 5.82 Å². The van der Waals surface area contributed by atoms with E-state index < -0.39 is 70.5 Å². The molecular formula is C27H28F7N3O3. The average molecular weight is 576 g/mol. The van der Waals surface area contributed by atoms with Gasteiger partial charge >= 0.3 is 24.5 Å². The van der Waals surface area contributed by atoms with E-state index in [1.54, 1.807) is 0 Å². The summed E-state index contributed by atoms with van der Waals surface area (Å²) in [5.74, 6) is -1.17. The summed E-state index contributed by atoms with van der Waals surface area (Å²) in [7, 11) is 0. The second kappa shape index (κ2) is 10.2. The maximum Gasteiger partial charge on any atom is 0.416 e. The van der Waals surface area contributed by atoms with Gasteiger partial charge in [-0.15, -0.1) is 0 Å². The summed E-state index contributed by atoms with van der Waals surface area (Å²) in [5.41, 5.74) is -3.70. The molecule has 2 aromatic rings. The van der Waals surface area contributed by atoms with Gasteiger partial charge in [0.2, 0.25) is 0 Å². The highest BCUT2D eigenvalue weighted by Gasteiger charge is 2.51. The first-order chi connectivity index (χ1) is 18.4. The topological polar surface area (TPSA) is 64.1 Å². The molecule has 3 amide bonds. The summed E-state index contributed by atoms with van der Waals surface area (Å²) < 4.78 is 94.5. The lowest BCUT2D eigenvalue weighted by Gasteiger charge is -2.52. The smallest absolute Gasteiger partial charge is 0.416 e. The van der Waals surface area contributed by atoms with Gasteiger partial charge < -0.3 is 14.9 Å². The Morgan fingerprint density at radius 1 is 0.875 bits per heavy atom. The Hall–Kier alpha value is -3.51. The van der Waals surface area contributed by atoms with Crippen LogP contribution >= 0.6 is 0 Å². The minimum Gasteiger partial charge on any atom is -0.465 e. The number of carboxylic acid groups (broad SMARTS) is 1. The van der Waals surface area contributed by atoms with Gasteiger partial charge in [0.15, 0.2) is 0 Å². The van der Waals surface area contributed by atoms with Gasteiger partial charge in [-0.05, 0) is 47.7 Å². The van der Waals surface area contributed by atoms with Crippen molar-refractivity contribution in [2.24, 2.45) is 5.41 Å². The highest BCUT2D eigenvalue weighted by atomic mass is 19.4. The highest BCUT2D eigenvalue weighted by Crippen LogP contribution is 2.45. The van der Waals surface area contributed by atoms with Gasteiger partial charge in [-0.1, -0.05) is 32.9 Å². The van der Waals surface area contributed by atoms with Crippen molar-refractivity contribution >= 4 is 17.8 Å². The van der Waals surface area contributed by atoms with Crippen molar-refractivity contribution in [2.75, 3.05) is 24.5 Å². The largest absolute Gasteiger partial charge is 0.465 e. The molecule has 1 unspecified atom stereocenters. The van der Waals surface area contributed by atoms with Crippen LogP contribution in [-0.2, 0) is 12.4 Å². The van der Waals surface area contributed by atoms with Crippen molar-refractivity contribution in [3.63, 3.8) is 0 Å². The molecule has 2 saturated heterocycles. The number of benzene rings is 2. The number of anilines is 1. The maximum atomic E-state index is 13.8. The number of nitrogens with zero attached hydrogens (tertiary/aromatic N) is 3. The molecule has 2 aromatic carbocycles. The second-order valence-corrected chi connectivity index (χ2v) is 11.1. The van der Waals surface area contributed by atoms with E-state index in [9.17, 15) is 45.4 Å². The number of alkyl halides is 6. The predicted octanol–water partition coefficient (Wildman–Crippen LogP) is 7.06. The van der Waals surface area contributed by atoms with Crippen molar-refractivity contribution in [2.45, 2.75) is 57.5 Å². The molecular weight excluding hydrogens is 547 g/mol. The molecule has 2 aliphatic rings. The minimum atomic E-state index is -5.07. The number of rotatable bonds is 3. The normalized spacial score (nSPS) is 22.7. The summed E-state index contributed by atoms with van der Waals surface area (Å²) in [6.07, 6.45) is -11.2. The van der Waals surface area contributed by atoms with Crippen molar-refractivity contribution in [1.82, 2.24) is 9.80 Å². The van der Waals surface area contributed by atoms with Crippen LogP contribution in [0.4, 0.5) is 46.0 Å². The van der Waals surface area contributed by atoms with Crippen molar-refractivity contribution in [1.29, 1.82) is 0 Å². The third-order valence-electron chi connectivity index (χ3n) is 7.47. The summed E-state index contributed by atoms with van der Waals surface area (Å²) in [6, 6.07) is 4.32. The van der Waals surface area contributed by atoms with Gasteiger partial charge in [0.05, 0.1) is 11.1 Å². The van der Waals surface area contributed by atoms with Crippen LogP contribution in [0.5, 0.6) is 0 Å². The third-order valence-corrected chi connectivity index (χ3v) is 7.47. The molecule has 2 heterocycles. The molecule has 218 valence electrons. The maximum absolute atomic E-state index is 13.8. The zero-order valence-electron chi connectivity index (χ0n) is 21.9. The molecule has 4 rings (SSSR count). The lowest BCUT2D eigenvalue weighted by molar-refractivity contribution is -0.143. The summed E-state index contributed by atoms with van der Waals surface area (Å²) in [4.78, 5) is 29.3. The standard InChI is InChI=1S/C27H28F7N3O3/c1-25(2,3)22-21(15-4-6-18(28)7-5-15)20(8-9-37(22)24(39)40)36-11-10-35(23(36)38)19-13-16(26(29,30)31)12-17(14-19)27(32,33)34/h4-7,12-14,20-22H,8-11H2,1-3H3,(H,39,40)/t20-,21-,22?/m1/s1. The Bertz CT molecular complexity index is 1240. The van der Waals surface area contributed by atoms with E-state index in [0.717, 1.165) is 4.90 Å². The fraction of sp³-hybridized carbons (Fsp3) is 0.481. The van der Waals surface area contributed by atoms with Crippen LogP contribution in [-0.4, -0.2) is 58.7 Å². The number of amides is 3. The van der Waals surface area contributed by atoms with E-state index in [1.165, 1.54) is 34.1 Å². The van der Waals surface area contributed by atoms with Gasteiger partial charge in [-0.2, -0.15) is 26.3 Å². The molecule has 0 aliphatic carbocycles. The summed E-state index contributed by atoms with van der Waals surface area (Å²) in [6.45, 7) is 5.34. The van der Waals surface area contributed by atoms with E-state index in [4.69, 9.17) is 0 Å². The van der Waals surface area contributed by atoms with E-state index >= 15 is 0 Å². The van der Waals surface area contributed by atoms with Gasteiger partial charge in [0.25, 0.3) is 0 Å². The summed E-state index contributed by atoms with van der Waals surface area (Å²) >= 11 is 0. The van der Waals surface area contributed by atoms with E-state index in [2.05, 4.69) is 0 Å². The lowest BCUT2D eigenvalue weighted by Crippen LogP contribution is -2.61. The molecule has 2 aliphatic heterocycles. The number of hydrogen-bond acceptors (Lipinski definition) is 2. The Morgan fingerprint density at radius 2 is 1.43 bits per heavy atom. The van der Waals surface area contributed by atoms with Crippen LogP contribution in [0.2, 0.25) is 0 Å². The Balaban J connectivity index is 1.76. The Morgan fingerprint density at radius 3 is 1.90 bits per heavy atom. The van der Waals surface area contributed by atoms with Crippen LogP contribution in [0, 0.1) is 11.2 Å². The van der Waals surface area contributed by atoms with Crippen molar-refractivity contribution in [3.8, 4) is 0 Å². The second-order valence-electron chi connectivity index (χ2n) is 11.1. The average Bonchev–Trinajstić information content (AvgIpc) is 3.22. The fourth-order valence-electron chi connectivity index (χ4n) is 5.85. The number of likely N-dealkylation sites (tertiary alicyclic amines) is 1. The Labute approximate surface area is 226 Å². The Kier molecular flexibility index (Phi) is 7.48. The van der Waals surface area contributed by atoms with Crippen molar-refractivity contribution < 1.29 is 45.4 Å². The molecule has 0 bridgehead atoms. The number of carbonyl (C=O) groups excluding carboxylic acids is 1. The molecule has 0 aromatic heterocycles. The third kappa shape index (κ3) is 5.68. The first-order valence-corrected chi connectivity index (χ1v) is 12.5. The number of halogens is 7. The molecule has 40 heavy (non-hydrogen) atoms. The highest BCUT2D eigenvalue weighted by molar-refractivity contribution is 5.94. The number of urea groups is 1. The zero-order valence-corrected chi connectivity index (χ0v) is 21.9. The predicted molar refractivity (Wildman–Crippen MR) is 131 cm³/mol. The fourth-order valence-corrected chi connectivity index (χ4v) is 5.85. The molecule has 0 radical (unpaired) electrons. The molecule has 0 spiro atoms. The van der Waals surface area contributed by atoms with Crippen LogP contribution in [0.3, 0.4) is 0 Å². The summed E-state index contributed by atoms with van der Waals surface area (Å²) in [5, 5.41) is 9.95. The quantitative estimate of drug-likeness (QED) is 0.399. The van der Waals surface area contributed by atoms with E-state index in [-0.39, 0.29) is 32.1 Å². The van der Waals surface area contributed by atoms with Gasteiger partial charge in [-0.3, -0.25) is 4.90 Å². The lowest BCUT2D eigenvalue weighted by atomic mass is 9.69. The SMILES string of the molecule is CC(C)(C)C1[C@H](c2ccc(F)cc2)[C@H](N2CCN(c3cc(C(F)(F)F)cc(C(F)(F)F)c3)C2=O)CCN1C(=O)O. The molecule has 1 N–H and O–H groups in total. The van der Waals surface area contributed by atoms with E-state index in [1.807, 2.05) is 20.8 Å². The number of carbonyl (C=O) groups is 2. The van der Waals surface area contributed by atoms with Crippen LogP contribution in [0.1, 0.15) is 49.8 Å². The monoisotopic (exact) mass is 575 g/mol. The zero-order chi connectivity index (χ0) is 29.8. The van der Waals surface area contributed by atoms with Crippen LogP contribution < -0.4 is 4.90 Å². The van der Waals surface area contributed by atoms with Gasteiger partial charge in [-0.25, -0.2) is 14.0 Å². The van der Waals surface area contributed by atoms with Gasteiger partial charge in [0, 0.05) is 43.3 Å².